The van der Waals surface area contributed by atoms with Crippen LogP contribution in [0.2, 0.25) is 0 Å². The van der Waals surface area contributed by atoms with Gasteiger partial charge in [0.2, 0.25) is 17.7 Å². The first-order valence-electron chi connectivity index (χ1n) is 8.69. The Kier molecular flexibility index (Phi) is 5.16. The first-order chi connectivity index (χ1) is 12.5. The highest BCUT2D eigenvalue weighted by molar-refractivity contribution is 6.09. The predicted molar refractivity (Wildman–Crippen MR) is 95.2 cm³/mol. The summed E-state index contributed by atoms with van der Waals surface area (Å²) in [6.45, 7) is 2.02. The van der Waals surface area contributed by atoms with Crippen LogP contribution in [0.1, 0.15) is 30.1 Å². The van der Waals surface area contributed by atoms with E-state index in [9.17, 15) is 19.2 Å². The molecular weight excluding hydrogens is 334 g/mol. The molecular formula is C19H21N3O4. The van der Waals surface area contributed by atoms with Gasteiger partial charge < -0.3 is 10.6 Å². The van der Waals surface area contributed by atoms with E-state index < -0.39 is 5.91 Å². The van der Waals surface area contributed by atoms with Crippen molar-refractivity contribution in [3.05, 3.63) is 42.0 Å². The Morgan fingerprint density at radius 1 is 1.12 bits per heavy atom. The lowest BCUT2D eigenvalue weighted by atomic mass is 9.85. The first-order valence-corrected chi connectivity index (χ1v) is 8.69. The number of nitrogens with one attached hydrogen (secondary N) is 2. The summed E-state index contributed by atoms with van der Waals surface area (Å²) in [6.07, 6.45) is 4.90. The molecule has 7 heteroatoms. The number of anilines is 1. The average Bonchev–Trinajstić information content (AvgIpc) is 2.87. The van der Waals surface area contributed by atoms with Crippen LogP contribution in [0, 0.1) is 11.8 Å². The Labute approximate surface area is 151 Å². The molecule has 7 nitrogen and oxygen atoms in total. The summed E-state index contributed by atoms with van der Waals surface area (Å²) in [6, 6.07) is 6.51. The lowest BCUT2D eigenvalue weighted by molar-refractivity contribution is -0.142. The molecule has 1 aromatic carbocycles. The van der Waals surface area contributed by atoms with E-state index in [1.54, 1.807) is 24.3 Å². The molecule has 2 aliphatic rings. The van der Waals surface area contributed by atoms with Gasteiger partial charge in [0.25, 0.3) is 5.91 Å². The monoisotopic (exact) mass is 355 g/mol. The minimum Gasteiger partial charge on any atom is -0.352 e. The van der Waals surface area contributed by atoms with Crippen LogP contribution in [0.3, 0.4) is 0 Å². The highest BCUT2D eigenvalue weighted by Crippen LogP contribution is 2.34. The van der Waals surface area contributed by atoms with Gasteiger partial charge >= 0.3 is 0 Å². The summed E-state index contributed by atoms with van der Waals surface area (Å²) in [7, 11) is 0. The van der Waals surface area contributed by atoms with Crippen LogP contribution in [-0.4, -0.2) is 41.6 Å². The Morgan fingerprint density at radius 3 is 2.38 bits per heavy atom. The largest absolute Gasteiger partial charge is 0.352 e. The molecule has 0 saturated carbocycles. The molecule has 0 spiro atoms. The summed E-state index contributed by atoms with van der Waals surface area (Å²) in [4.78, 5) is 50.0. The zero-order chi connectivity index (χ0) is 18.7. The molecule has 136 valence electrons. The molecule has 0 radical (unpaired) electrons. The fraction of sp³-hybridized carbons (Fsp3) is 0.368. The second-order valence-corrected chi connectivity index (χ2v) is 6.41. The van der Waals surface area contributed by atoms with Crippen LogP contribution < -0.4 is 10.6 Å². The standard InChI is InChI=1S/C19H21N3O4/c1-2-20-17(24)12-6-5-7-13(10-12)21-16(23)11-22-18(25)14-8-3-4-9-15(14)19(22)26/h3-7,10,14-15H,2,8-9,11H2,1H3,(H,20,24)(H,21,23)/t14-,15+. The third-order valence-corrected chi connectivity index (χ3v) is 4.65. The number of imide groups is 1. The second kappa shape index (κ2) is 7.51. The predicted octanol–water partition coefficient (Wildman–Crippen LogP) is 1.33. The minimum atomic E-state index is -0.466. The smallest absolute Gasteiger partial charge is 0.251 e. The summed E-state index contributed by atoms with van der Waals surface area (Å²) >= 11 is 0. The van der Waals surface area contributed by atoms with E-state index in [1.165, 1.54) is 0 Å². The van der Waals surface area contributed by atoms with E-state index in [-0.39, 0.29) is 36.1 Å². The number of carbonyl (C=O) groups is 4. The van der Waals surface area contributed by atoms with Crippen molar-refractivity contribution in [2.75, 3.05) is 18.4 Å². The molecule has 26 heavy (non-hydrogen) atoms. The summed E-state index contributed by atoms with van der Waals surface area (Å²) < 4.78 is 0. The van der Waals surface area contributed by atoms with Crippen LogP contribution in [-0.2, 0) is 14.4 Å². The maximum absolute atomic E-state index is 12.4. The third-order valence-electron chi connectivity index (χ3n) is 4.65. The van der Waals surface area contributed by atoms with Gasteiger partial charge in [0.15, 0.2) is 0 Å². The Hall–Kier alpha value is -2.96. The maximum Gasteiger partial charge on any atom is 0.251 e. The van der Waals surface area contributed by atoms with E-state index in [4.69, 9.17) is 0 Å². The molecule has 3 rings (SSSR count). The van der Waals surface area contributed by atoms with Gasteiger partial charge in [-0.05, 0) is 38.0 Å². The molecule has 2 atom stereocenters. The molecule has 2 N–H and O–H groups in total. The first kappa shape index (κ1) is 17.8. The molecule has 1 aliphatic heterocycles. The molecule has 1 fully saturated rings. The summed E-state index contributed by atoms with van der Waals surface area (Å²) in [5.74, 6) is -1.95. The van der Waals surface area contributed by atoms with Crippen LogP contribution in [0.25, 0.3) is 0 Å². The molecule has 1 aliphatic carbocycles. The van der Waals surface area contributed by atoms with E-state index in [0.717, 1.165) is 4.90 Å². The van der Waals surface area contributed by atoms with Crippen LogP contribution in [0.15, 0.2) is 36.4 Å². The fourth-order valence-electron chi connectivity index (χ4n) is 3.37. The summed E-state index contributed by atoms with van der Waals surface area (Å²) in [5.41, 5.74) is 0.868. The highest BCUT2D eigenvalue weighted by atomic mass is 16.2. The van der Waals surface area contributed by atoms with Crippen LogP contribution in [0.5, 0.6) is 0 Å². The third kappa shape index (κ3) is 3.51. The number of allylic oxidation sites excluding steroid dienone is 2. The van der Waals surface area contributed by atoms with Gasteiger partial charge in [0.1, 0.15) is 6.54 Å². The number of carbonyl (C=O) groups excluding carboxylic acids is 4. The average molecular weight is 355 g/mol. The zero-order valence-corrected chi connectivity index (χ0v) is 14.5. The number of hydrogen-bond acceptors (Lipinski definition) is 4. The van der Waals surface area contributed by atoms with E-state index in [1.807, 2.05) is 19.1 Å². The van der Waals surface area contributed by atoms with Gasteiger partial charge in [-0.1, -0.05) is 18.2 Å². The van der Waals surface area contributed by atoms with Gasteiger partial charge in [-0.2, -0.15) is 0 Å². The summed E-state index contributed by atoms with van der Waals surface area (Å²) in [5, 5.41) is 5.33. The van der Waals surface area contributed by atoms with Crippen molar-refractivity contribution in [1.82, 2.24) is 10.2 Å². The molecule has 1 saturated heterocycles. The van der Waals surface area contributed by atoms with Crippen LogP contribution >= 0.6 is 0 Å². The van der Waals surface area contributed by atoms with E-state index in [2.05, 4.69) is 10.6 Å². The highest BCUT2D eigenvalue weighted by Gasteiger charge is 2.47. The number of rotatable bonds is 5. The van der Waals surface area contributed by atoms with Crippen LogP contribution in [0.4, 0.5) is 5.69 Å². The normalized spacial score (nSPS) is 21.5. The fourth-order valence-corrected chi connectivity index (χ4v) is 3.37. The van der Waals surface area contributed by atoms with Gasteiger partial charge in [-0.3, -0.25) is 24.1 Å². The lowest BCUT2D eigenvalue weighted by Crippen LogP contribution is -2.38. The number of fused-ring (bicyclic) bond motifs is 1. The second-order valence-electron chi connectivity index (χ2n) is 6.41. The van der Waals surface area contributed by atoms with E-state index >= 15 is 0 Å². The SMILES string of the molecule is CCNC(=O)c1cccc(NC(=O)CN2C(=O)[C@H]3CC=CC[C@H]3C2=O)c1. The number of hydrogen-bond donors (Lipinski definition) is 2. The number of nitrogens with zero attached hydrogens (tertiary/aromatic N) is 1. The molecule has 0 aromatic heterocycles. The topological polar surface area (TPSA) is 95.6 Å². The van der Waals surface area contributed by atoms with Gasteiger partial charge in [0, 0.05) is 17.8 Å². The van der Waals surface area contributed by atoms with Crippen molar-refractivity contribution < 1.29 is 19.2 Å². The number of likely N-dealkylation sites (tertiary alicyclic amines) is 1. The molecule has 1 aromatic rings. The molecule has 0 unspecified atom stereocenters. The van der Waals surface area contributed by atoms with Crippen molar-refractivity contribution in [3.63, 3.8) is 0 Å². The Balaban J connectivity index is 1.64. The molecule has 4 amide bonds. The Morgan fingerprint density at radius 2 is 1.77 bits per heavy atom. The molecule has 0 bridgehead atoms. The number of amides is 4. The van der Waals surface area contributed by atoms with Crippen molar-refractivity contribution in [2.45, 2.75) is 19.8 Å². The van der Waals surface area contributed by atoms with Gasteiger partial charge in [-0.15, -0.1) is 0 Å². The zero-order valence-electron chi connectivity index (χ0n) is 14.5. The number of benzene rings is 1. The van der Waals surface area contributed by atoms with Crippen molar-refractivity contribution in [2.24, 2.45) is 11.8 Å². The van der Waals surface area contributed by atoms with E-state index in [0.29, 0.717) is 30.6 Å². The maximum atomic E-state index is 12.4. The molecule has 1 heterocycles. The Bertz CT molecular complexity index is 761. The van der Waals surface area contributed by atoms with Crippen molar-refractivity contribution in [3.8, 4) is 0 Å². The van der Waals surface area contributed by atoms with Gasteiger partial charge in [0.05, 0.1) is 11.8 Å². The lowest BCUT2D eigenvalue weighted by Gasteiger charge is -2.14. The quantitative estimate of drug-likeness (QED) is 0.615. The van der Waals surface area contributed by atoms with Gasteiger partial charge in [-0.25, -0.2) is 0 Å². The van der Waals surface area contributed by atoms with Crippen molar-refractivity contribution >= 4 is 29.3 Å². The minimum absolute atomic E-state index is 0.231. The van der Waals surface area contributed by atoms with Crippen molar-refractivity contribution in [1.29, 1.82) is 0 Å².